The van der Waals surface area contributed by atoms with Crippen LogP contribution in [-0.2, 0) is 0 Å². The van der Waals surface area contributed by atoms with Gasteiger partial charge in [-0.3, -0.25) is 0 Å². The van der Waals surface area contributed by atoms with Gasteiger partial charge in [-0.15, -0.1) is 0 Å². The van der Waals surface area contributed by atoms with Crippen molar-refractivity contribution in [3.05, 3.63) is 30.5 Å². The number of ether oxygens (including phenoxy) is 3. The van der Waals surface area contributed by atoms with E-state index in [1.807, 2.05) is 31.2 Å². The lowest BCUT2D eigenvalue weighted by Gasteiger charge is -2.14. The molecule has 0 fully saturated rings. The van der Waals surface area contributed by atoms with Crippen LogP contribution in [0.3, 0.4) is 0 Å². The first kappa shape index (κ1) is 12.4. The maximum Gasteiger partial charge on any atom is 0.203 e. The van der Waals surface area contributed by atoms with Crippen molar-refractivity contribution in [1.29, 1.82) is 0 Å². The van der Waals surface area contributed by atoms with Gasteiger partial charge in [-0.2, -0.15) is 0 Å². The number of furan rings is 1. The Morgan fingerprint density at radius 1 is 1.11 bits per heavy atom. The van der Waals surface area contributed by atoms with E-state index in [2.05, 4.69) is 0 Å². The zero-order chi connectivity index (χ0) is 13.0. The summed E-state index contributed by atoms with van der Waals surface area (Å²) < 4.78 is 21.6. The maximum atomic E-state index is 5.54. The number of rotatable bonds is 5. The van der Waals surface area contributed by atoms with Gasteiger partial charge in [-0.25, -0.2) is 0 Å². The molecule has 0 radical (unpaired) electrons. The molecule has 0 atom stereocenters. The zero-order valence-corrected chi connectivity index (χ0v) is 10.7. The monoisotopic (exact) mass is 248 g/mol. The number of hydrogen-bond donors (Lipinski definition) is 0. The van der Waals surface area contributed by atoms with Gasteiger partial charge in [0.2, 0.25) is 5.75 Å². The fourth-order valence-corrected chi connectivity index (χ4v) is 1.75. The van der Waals surface area contributed by atoms with Crippen LogP contribution in [0.4, 0.5) is 0 Å². The topological polar surface area (TPSA) is 40.8 Å². The summed E-state index contributed by atoms with van der Waals surface area (Å²) >= 11 is 0. The van der Waals surface area contributed by atoms with Gasteiger partial charge in [0.25, 0.3) is 0 Å². The molecule has 2 rings (SSSR count). The first-order valence-electron chi connectivity index (χ1n) is 5.72. The molecule has 18 heavy (non-hydrogen) atoms. The van der Waals surface area contributed by atoms with Gasteiger partial charge in [0.15, 0.2) is 11.5 Å². The molecular weight excluding hydrogens is 232 g/mol. The minimum Gasteiger partial charge on any atom is -0.493 e. The molecule has 0 saturated carbocycles. The van der Waals surface area contributed by atoms with Crippen LogP contribution in [0.1, 0.15) is 6.92 Å². The Morgan fingerprint density at radius 2 is 1.78 bits per heavy atom. The molecule has 1 aromatic carbocycles. The molecule has 0 bridgehead atoms. The van der Waals surface area contributed by atoms with Gasteiger partial charge in [0.05, 0.1) is 27.1 Å². The minimum absolute atomic E-state index is 0.548. The molecule has 1 aromatic heterocycles. The summed E-state index contributed by atoms with van der Waals surface area (Å²) in [4.78, 5) is 0. The molecular formula is C14H16O4. The summed E-state index contributed by atoms with van der Waals surface area (Å²) in [5.41, 5.74) is 0.886. The average Bonchev–Trinajstić information content (AvgIpc) is 2.93. The third kappa shape index (κ3) is 2.27. The van der Waals surface area contributed by atoms with Crippen molar-refractivity contribution >= 4 is 0 Å². The third-order valence-electron chi connectivity index (χ3n) is 2.55. The molecule has 1 heterocycles. The van der Waals surface area contributed by atoms with Gasteiger partial charge >= 0.3 is 0 Å². The summed E-state index contributed by atoms with van der Waals surface area (Å²) in [7, 11) is 3.20. The Kier molecular flexibility index (Phi) is 3.77. The van der Waals surface area contributed by atoms with Crippen molar-refractivity contribution in [3.8, 4) is 28.6 Å². The minimum atomic E-state index is 0.548. The Morgan fingerprint density at radius 3 is 2.22 bits per heavy atom. The summed E-state index contributed by atoms with van der Waals surface area (Å²) in [5.74, 6) is 2.62. The lowest BCUT2D eigenvalue weighted by molar-refractivity contribution is 0.288. The largest absolute Gasteiger partial charge is 0.493 e. The molecule has 0 amide bonds. The molecule has 0 aliphatic heterocycles. The highest BCUT2D eigenvalue weighted by molar-refractivity contribution is 5.67. The second-order valence-corrected chi connectivity index (χ2v) is 3.62. The van der Waals surface area contributed by atoms with Crippen molar-refractivity contribution in [2.75, 3.05) is 20.8 Å². The van der Waals surface area contributed by atoms with E-state index in [0.29, 0.717) is 23.9 Å². The van der Waals surface area contributed by atoms with Crippen LogP contribution in [-0.4, -0.2) is 20.8 Å². The first-order valence-corrected chi connectivity index (χ1v) is 5.72. The van der Waals surface area contributed by atoms with Gasteiger partial charge in [-0.1, -0.05) is 0 Å². The summed E-state index contributed by atoms with van der Waals surface area (Å²) in [6.45, 7) is 2.46. The standard InChI is InChI=1S/C14H16O4/c1-4-17-14-12(15-2)8-10(9-13(14)16-3)11-6-5-7-18-11/h5-9H,4H2,1-3H3. The van der Waals surface area contributed by atoms with Crippen molar-refractivity contribution in [2.24, 2.45) is 0 Å². The van der Waals surface area contributed by atoms with Gasteiger partial charge in [0.1, 0.15) is 5.76 Å². The van der Waals surface area contributed by atoms with Crippen LogP contribution in [0.2, 0.25) is 0 Å². The lowest BCUT2D eigenvalue weighted by Crippen LogP contribution is -1.99. The van der Waals surface area contributed by atoms with Crippen molar-refractivity contribution in [3.63, 3.8) is 0 Å². The summed E-state index contributed by atoms with van der Waals surface area (Å²) in [6, 6.07) is 7.46. The smallest absolute Gasteiger partial charge is 0.203 e. The highest BCUT2D eigenvalue weighted by Gasteiger charge is 2.15. The Labute approximate surface area is 106 Å². The van der Waals surface area contributed by atoms with Crippen LogP contribution in [0.15, 0.2) is 34.9 Å². The van der Waals surface area contributed by atoms with Gasteiger partial charge in [-0.05, 0) is 31.2 Å². The molecule has 0 spiro atoms. The number of hydrogen-bond acceptors (Lipinski definition) is 4. The molecule has 0 unspecified atom stereocenters. The average molecular weight is 248 g/mol. The maximum absolute atomic E-state index is 5.54. The van der Waals surface area contributed by atoms with Crippen LogP contribution in [0, 0.1) is 0 Å². The van der Waals surface area contributed by atoms with Crippen molar-refractivity contribution in [1.82, 2.24) is 0 Å². The molecule has 0 N–H and O–H groups in total. The van der Waals surface area contributed by atoms with Crippen LogP contribution in [0.5, 0.6) is 17.2 Å². The van der Waals surface area contributed by atoms with E-state index in [0.717, 1.165) is 11.3 Å². The summed E-state index contributed by atoms with van der Waals surface area (Å²) in [5, 5.41) is 0. The molecule has 0 saturated heterocycles. The van der Waals surface area contributed by atoms with Gasteiger partial charge in [0, 0.05) is 5.56 Å². The van der Waals surface area contributed by atoms with E-state index in [1.54, 1.807) is 20.5 Å². The van der Waals surface area contributed by atoms with Crippen LogP contribution < -0.4 is 14.2 Å². The SMILES string of the molecule is CCOc1c(OC)cc(-c2ccco2)cc1OC. The highest BCUT2D eigenvalue weighted by Crippen LogP contribution is 2.41. The Balaban J connectivity index is 2.52. The molecule has 96 valence electrons. The van der Waals surface area contributed by atoms with Crippen LogP contribution in [0.25, 0.3) is 11.3 Å². The van der Waals surface area contributed by atoms with E-state index < -0.39 is 0 Å². The normalized spacial score (nSPS) is 10.2. The highest BCUT2D eigenvalue weighted by atomic mass is 16.5. The van der Waals surface area contributed by atoms with Crippen LogP contribution >= 0.6 is 0 Å². The molecule has 4 heteroatoms. The lowest BCUT2D eigenvalue weighted by atomic mass is 10.1. The zero-order valence-electron chi connectivity index (χ0n) is 10.7. The molecule has 0 aliphatic carbocycles. The second-order valence-electron chi connectivity index (χ2n) is 3.62. The predicted molar refractivity (Wildman–Crippen MR) is 68.4 cm³/mol. The fraction of sp³-hybridized carbons (Fsp3) is 0.286. The van der Waals surface area contributed by atoms with Crippen molar-refractivity contribution < 1.29 is 18.6 Å². The number of methoxy groups -OCH3 is 2. The van der Waals surface area contributed by atoms with Crippen molar-refractivity contribution in [2.45, 2.75) is 6.92 Å². The van der Waals surface area contributed by atoms with E-state index in [4.69, 9.17) is 18.6 Å². The Hall–Kier alpha value is -2.10. The van der Waals surface area contributed by atoms with E-state index in [-0.39, 0.29) is 0 Å². The Bertz CT molecular complexity index is 478. The van der Waals surface area contributed by atoms with E-state index >= 15 is 0 Å². The molecule has 4 nitrogen and oxygen atoms in total. The molecule has 0 aliphatic rings. The fourth-order valence-electron chi connectivity index (χ4n) is 1.75. The predicted octanol–water partition coefficient (Wildman–Crippen LogP) is 3.36. The molecule has 2 aromatic rings. The van der Waals surface area contributed by atoms with Gasteiger partial charge < -0.3 is 18.6 Å². The quantitative estimate of drug-likeness (QED) is 0.813. The van der Waals surface area contributed by atoms with E-state index in [1.165, 1.54) is 0 Å². The van der Waals surface area contributed by atoms with E-state index in [9.17, 15) is 0 Å². The second kappa shape index (κ2) is 5.49. The first-order chi connectivity index (χ1) is 8.80. The number of benzene rings is 1. The summed E-state index contributed by atoms with van der Waals surface area (Å²) in [6.07, 6.45) is 1.63. The third-order valence-corrected chi connectivity index (χ3v) is 2.55.